The van der Waals surface area contributed by atoms with Gasteiger partial charge in [-0.15, -0.1) is 12.4 Å². The summed E-state index contributed by atoms with van der Waals surface area (Å²) < 4.78 is 58.5. The molecule has 0 aromatic rings. The lowest BCUT2D eigenvalue weighted by Crippen LogP contribution is -2.42. The zero-order valence-corrected chi connectivity index (χ0v) is 6.71. The molecule has 0 amide bonds. The largest absolute Gasteiger partial charge is 0.323 e. The summed E-state index contributed by atoms with van der Waals surface area (Å²) >= 11 is 0. The van der Waals surface area contributed by atoms with Gasteiger partial charge in [0.15, 0.2) is 12.3 Å². The number of hydrogen-bond acceptors (Lipinski definition) is 1. The molecule has 2 N–H and O–H groups in total. The van der Waals surface area contributed by atoms with Crippen LogP contribution in [0.5, 0.6) is 0 Å². The molecule has 0 fully saturated rings. The third-order valence-corrected chi connectivity index (χ3v) is 1.13. The summed E-state index contributed by atoms with van der Waals surface area (Å²) in [5.41, 5.74) is 4.63. The van der Waals surface area contributed by atoms with Gasteiger partial charge in [-0.1, -0.05) is 0 Å². The molecule has 0 aliphatic heterocycles. The first-order valence-corrected chi connectivity index (χ1v) is 2.88. The number of hydrogen-bond donors (Lipinski definition) is 1. The van der Waals surface area contributed by atoms with Gasteiger partial charge in [-0.25, -0.2) is 22.0 Å². The van der Waals surface area contributed by atoms with Gasteiger partial charge in [0.25, 0.3) is 6.43 Å². The Morgan fingerprint density at radius 1 is 1.00 bits per heavy atom. The third-order valence-electron chi connectivity index (χ3n) is 1.13. The average Bonchev–Trinajstić information content (AvgIpc) is 2.00. The Balaban J connectivity index is 0. The van der Waals surface area contributed by atoms with Gasteiger partial charge in [0.2, 0.25) is 0 Å². The minimum Gasteiger partial charge on any atom is -0.323 e. The van der Waals surface area contributed by atoms with Crippen LogP contribution in [0.2, 0.25) is 0 Å². The normalized spacial score (nSPS) is 18.2. The van der Waals surface area contributed by atoms with E-state index in [4.69, 9.17) is 0 Å². The highest BCUT2D eigenvalue weighted by molar-refractivity contribution is 5.85. The molecule has 0 radical (unpaired) electrons. The molecule has 0 aliphatic rings. The highest BCUT2D eigenvalue weighted by Crippen LogP contribution is 2.15. The van der Waals surface area contributed by atoms with E-state index in [0.717, 1.165) is 0 Å². The summed E-state index contributed by atoms with van der Waals surface area (Å²) in [5, 5.41) is 0. The summed E-state index contributed by atoms with van der Waals surface area (Å²) in [6.07, 6.45) is -9.09. The maximum atomic E-state index is 12.2. The van der Waals surface area contributed by atoms with E-state index in [-0.39, 0.29) is 12.4 Å². The van der Waals surface area contributed by atoms with Crippen LogP contribution >= 0.6 is 12.4 Å². The molecule has 0 aromatic carbocycles. The molecule has 7 heteroatoms. The average molecular weight is 214 g/mol. The molecule has 0 spiro atoms. The smallest absolute Gasteiger partial charge is 0.272 e. The number of alkyl halides is 5. The van der Waals surface area contributed by atoms with Crippen LogP contribution in [0.25, 0.3) is 0 Å². The van der Waals surface area contributed by atoms with Gasteiger partial charge in [0.05, 0.1) is 6.04 Å². The Bertz CT molecular complexity index is 114. The Kier molecular flexibility index (Phi) is 7.72. The van der Waals surface area contributed by atoms with Gasteiger partial charge in [-0.2, -0.15) is 0 Å². The molecule has 0 aromatic heterocycles. The minimum absolute atomic E-state index is 0. The van der Waals surface area contributed by atoms with Gasteiger partial charge in [0, 0.05) is 0 Å². The van der Waals surface area contributed by atoms with E-state index in [0.29, 0.717) is 0 Å². The van der Waals surface area contributed by atoms with Crippen molar-refractivity contribution in [2.45, 2.75) is 24.8 Å². The molecule has 0 saturated heterocycles. The fourth-order valence-electron chi connectivity index (χ4n) is 0.460. The second kappa shape index (κ2) is 6.42. The van der Waals surface area contributed by atoms with E-state index >= 15 is 0 Å². The first-order chi connectivity index (χ1) is 5.00. The van der Waals surface area contributed by atoms with Gasteiger partial charge in [0.1, 0.15) is 6.67 Å². The summed E-state index contributed by atoms with van der Waals surface area (Å²) in [5.74, 6) is 0. The quantitative estimate of drug-likeness (QED) is 0.706. The van der Waals surface area contributed by atoms with Crippen LogP contribution in [0, 0.1) is 0 Å². The predicted octanol–water partition coefficient (Wildman–Crippen LogP) is 1.65. The first kappa shape index (κ1) is 14.4. The van der Waals surface area contributed by atoms with Crippen molar-refractivity contribution in [1.29, 1.82) is 0 Å². The standard InChI is InChI=1S/C5H8F5N.ClH/c6-1-2(11)3(7)4(8)5(9)10;/h2-5H,1,11H2;1H. The molecule has 0 heterocycles. The first-order valence-electron chi connectivity index (χ1n) is 2.88. The fraction of sp³-hybridized carbons (Fsp3) is 1.00. The summed E-state index contributed by atoms with van der Waals surface area (Å²) in [6.45, 7) is -1.35. The lowest BCUT2D eigenvalue weighted by atomic mass is 10.1. The predicted molar refractivity (Wildman–Crippen MR) is 37.0 cm³/mol. The zero-order chi connectivity index (χ0) is 9.02. The van der Waals surface area contributed by atoms with Crippen molar-refractivity contribution in [2.24, 2.45) is 5.73 Å². The highest BCUT2D eigenvalue weighted by Gasteiger charge is 2.34. The Morgan fingerprint density at radius 3 is 1.67 bits per heavy atom. The van der Waals surface area contributed by atoms with E-state index < -0.39 is 31.5 Å². The molecule has 0 saturated carbocycles. The van der Waals surface area contributed by atoms with E-state index in [9.17, 15) is 22.0 Å². The second-order valence-corrected chi connectivity index (χ2v) is 2.04. The SMILES string of the molecule is Cl.NC(CF)C(F)C(F)C(F)F. The summed E-state index contributed by atoms with van der Waals surface area (Å²) in [6, 6.07) is -1.81. The van der Waals surface area contributed by atoms with Crippen LogP contribution in [-0.4, -0.2) is 31.5 Å². The lowest BCUT2D eigenvalue weighted by molar-refractivity contribution is -0.00644. The minimum atomic E-state index is -3.46. The van der Waals surface area contributed by atoms with Crippen LogP contribution in [0.3, 0.4) is 0 Å². The van der Waals surface area contributed by atoms with Crippen LogP contribution in [0.4, 0.5) is 22.0 Å². The highest BCUT2D eigenvalue weighted by atomic mass is 35.5. The van der Waals surface area contributed by atoms with Crippen molar-refractivity contribution in [2.75, 3.05) is 6.67 Å². The second-order valence-electron chi connectivity index (χ2n) is 2.04. The molecule has 3 atom stereocenters. The molecule has 0 rings (SSSR count). The molecule has 0 aliphatic carbocycles. The van der Waals surface area contributed by atoms with E-state index in [1.54, 1.807) is 0 Å². The molecule has 76 valence electrons. The van der Waals surface area contributed by atoms with Crippen molar-refractivity contribution in [3.05, 3.63) is 0 Å². The van der Waals surface area contributed by atoms with Crippen LogP contribution < -0.4 is 5.73 Å². The Hall–Kier alpha value is -0.100. The third kappa shape index (κ3) is 4.06. The Morgan fingerprint density at radius 2 is 1.42 bits per heavy atom. The van der Waals surface area contributed by atoms with Crippen molar-refractivity contribution in [1.82, 2.24) is 0 Å². The number of rotatable bonds is 4. The van der Waals surface area contributed by atoms with E-state index in [1.165, 1.54) is 0 Å². The molecule has 0 bridgehead atoms. The van der Waals surface area contributed by atoms with Crippen molar-refractivity contribution in [3.8, 4) is 0 Å². The molecular weight excluding hydrogens is 205 g/mol. The van der Waals surface area contributed by atoms with Crippen LogP contribution in [-0.2, 0) is 0 Å². The van der Waals surface area contributed by atoms with Gasteiger partial charge in [-0.3, -0.25) is 0 Å². The van der Waals surface area contributed by atoms with Crippen molar-refractivity contribution < 1.29 is 22.0 Å². The van der Waals surface area contributed by atoms with E-state index in [2.05, 4.69) is 5.73 Å². The monoisotopic (exact) mass is 213 g/mol. The van der Waals surface area contributed by atoms with Crippen molar-refractivity contribution in [3.63, 3.8) is 0 Å². The fourth-order valence-corrected chi connectivity index (χ4v) is 0.460. The van der Waals surface area contributed by atoms with Crippen molar-refractivity contribution >= 4 is 12.4 Å². The van der Waals surface area contributed by atoms with Gasteiger partial charge >= 0.3 is 0 Å². The maximum Gasteiger partial charge on any atom is 0.272 e. The summed E-state index contributed by atoms with van der Waals surface area (Å²) in [4.78, 5) is 0. The molecule has 1 nitrogen and oxygen atoms in total. The van der Waals surface area contributed by atoms with Crippen LogP contribution in [0.15, 0.2) is 0 Å². The molecule has 3 unspecified atom stereocenters. The van der Waals surface area contributed by atoms with Crippen LogP contribution in [0.1, 0.15) is 0 Å². The summed E-state index contributed by atoms with van der Waals surface area (Å²) in [7, 11) is 0. The molecular formula is C5H9ClF5N. The maximum absolute atomic E-state index is 12.2. The number of nitrogens with two attached hydrogens (primary N) is 1. The number of halogens is 6. The van der Waals surface area contributed by atoms with Gasteiger partial charge in [-0.05, 0) is 0 Å². The topological polar surface area (TPSA) is 26.0 Å². The Labute approximate surface area is 72.5 Å². The zero-order valence-electron chi connectivity index (χ0n) is 5.89. The van der Waals surface area contributed by atoms with E-state index in [1.807, 2.05) is 0 Å². The van der Waals surface area contributed by atoms with Gasteiger partial charge < -0.3 is 5.73 Å². The lowest BCUT2D eigenvalue weighted by Gasteiger charge is -2.16. The molecule has 12 heavy (non-hydrogen) atoms.